The van der Waals surface area contributed by atoms with E-state index in [0.29, 0.717) is 10.6 Å². The second kappa shape index (κ2) is 5.54. The van der Waals surface area contributed by atoms with Crippen molar-refractivity contribution >= 4 is 50.3 Å². The number of fused-ring (bicyclic) bond motifs is 1. The molecular weight excluding hydrogens is 352 g/mol. The molecule has 3 rings (SSSR count). The van der Waals surface area contributed by atoms with E-state index >= 15 is 0 Å². The molecule has 0 unspecified atom stereocenters. The monoisotopic (exact) mass is 362 g/mol. The van der Waals surface area contributed by atoms with Gasteiger partial charge in [0.2, 0.25) is 0 Å². The Morgan fingerprint density at radius 1 is 1.24 bits per heavy atom. The second-order valence-electron chi connectivity index (χ2n) is 4.77. The summed E-state index contributed by atoms with van der Waals surface area (Å²) in [5.74, 6) is 0.110. The fourth-order valence-corrected chi connectivity index (χ4v) is 2.79. The number of hydrogen-bond acceptors (Lipinski definition) is 2. The van der Waals surface area contributed by atoms with Crippen LogP contribution in [0.3, 0.4) is 0 Å². The van der Waals surface area contributed by atoms with Gasteiger partial charge in [0.1, 0.15) is 0 Å². The summed E-state index contributed by atoms with van der Waals surface area (Å²) in [4.78, 5) is 7.39. The van der Waals surface area contributed by atoms with Crippen LogP contribution < -0.4 is 0 Å². The molecule has 1 aromatic heterocycles. The zero-order valence-corrected chi connectivity index (χ0v) is 13.5. The van der Waals surface area contributed by atoms with Gasteiger partial charge in [0, 0.05) is 26.6 Å². The van der Waals surface area contributed by atoms with Gasteiger partial charge in [0.05, 0.1) is 11.3 Å². The van der Waals surface area contributed by atoms with Gasteiger partial charge in [-0.2, -0.15) is 0 Å². The number of aromatic amines is 1. The maximum absolute atomic E-state index is 10.0. The first kappa shape index (κ1) is 14.2. The molecule has 0 radical (unpaired) electrons. The predicted octanol–water partition coefficient (Wildman–Crippen LogP) is 5.35. The van der Waals surface area contributed by atoms with Crippen molar-refractivity contribution < 1.29 is 5.11 Å². The van der Waals surface area contributed by atoms with Gasteiger partial charge >= 0.3 is 0 Å². The maximum Gasteiger partial charge on any atom is 0.198 e. The molecule has 2 N–H and O–H groups in total. The molecule has 21 heavy (non-hydrogen) atoms. The van der Waals surface area contributed by atoms with Gasteiger partial charge < -0.3 is 10.1 Å². The molecular formula is C16H12BrClN2O. The summed E-state index contributed by atoms with van der Waals surface area (Å²) in [6, 6.07) is 11.3. The molecule has 0 amide bonds. The molecule has 3 nitrogen and oxygen atoms in total. The van der Waals surface area contributed by atoms with E-state index in [4.69, 9.17) is 11.6 Å². The van der Waals surface area contributed by atoms with Gasteiger partial charge in [-0.15, -0.1) is 0 Å². The standard InChI is InChI=1S/C16H12BrClN2O/c1-9-6-11(18)3-5-14(9)19-8-13-12-7-10(17)2-4-15(12)20-16(13)21/h2-8,20-21H,1H3. The minimum atomic E-state index is 0.110. The molecule has 0 aliphatic carbocycles. The summed E-state index contributed by atoms with van der Waals surface area (Å²) in [6.07, 6.45) is 1.66. The number of benzene rings is 2. The van der Waals surface area contributed by atoms with Crippen molar-refractivity contribution in [3.63, 3.8) is 0 Å². The fourth-order valence-electron chi connectivity index (χ4n) is 2.20. The van der Waals surface area contributed by atoms with Crippen LogP contribution in [0.5, 0.6) is 5.88 Å². The normalized spacial score (nSPS) is 11.6. The Labute approximate surface area is 135 Å². The Hall–Kier alpha value is -1.78. The van der Waals surface area contributed by atoms with Crippen LogP contribution in [0.4, 0.5) is 5.69 Å². The third-order valence-corrected chi connectivity index (χ3v) is 4.00. The summed E-state index contributed by atoms with van der Waals surface area (Å²) >= 11 is 9.37. The van der Waals surface area contributed by atoms with E-state index in [0.717, 1.165) is 26.6 Å². The third kappa shape index (κ3) is 2.82. The lowest BCUT2D eigenvalue weighted by Crippen LogP contribution is -1.81. The number of aryl methyl sites for hydroxylation is 1. The minimum absolute atomic E-state index is 0.110. The first-order valence-corrected chi connectivity index (χ1v) is 7.52. The molecule has 1 heterocycles. The molecule has 0 aliphatic heterocycles. The van der Waals surface area contributed by atoms with Gasteiger partial charge in [-0.1, -0.05) is 27.5 Å². The fraction of sp³-hybridized carbons (Fsp3) is 0.0625. The molecule has 0 fully saturated rings. The number of aliphatic imine (C=N–C) groups is 1. The van der Waals surface area contributed by atoms with E-state index in [1.54, 1.807) is 12.3 Å². The van der Waals surface area contributed by atoms with E-state index in [1.807, 2.05) is 37.3 Å². The van der Waals surface area contributed by atoms with Crippen LogP contribution in [0, 0.1) is 6.92 Å². The molecule has 5 heteroatoms. The minimum Gasteiger partial charge on any atom is -0.494 e. The zero-order valence-electron chi connectivity index (χ0n) is 11.2. The number of rotatable bonds is 2. The average molecular weight is 364 g/mol. The Bertz CT molecular complexity index is 855. The van der Waals surface area contributed by atoms with Crippen molar-refractivity contribution in [1.82, 2.24) is 4.98 Å². The zero-order chi connectivity index (χ0) is 15.0. The van der Waals surface area contributed by atoms with Crippen LogP contribution in [-0.4, -0.2) is 16.3 Å². The molecule has 3 aromatic rings. The van der Waals surface area contributed by atoms with Gasteiger partial charge in [-0.3, -0.25) is 4.99 Å². The van der Waals surface area contributed by atoms with E-state index in [-0.39, 0.29) is 5.88 Å². The number of H-pyrrole nitrogens is 1. The Balaban J connectivity index is 2.06. The highest BCUT2D eigenvalue weighted by Crippen LogP contribution is 2.29. The van der Waals surface area contributed by atoms with Gasteiger partial charge in [0.25, 0.3) is 0 Å². The first-order chi connectivity index (χ1) is 10.0. The molecule has 0 atom stereocenters. The van der Waals surface area contributed by atoms with Gasteiger partial charge in [0.15, 0.2) is 5.88 Å². The van der Waals surface area contributed by atoms with Crippen LogP contribution in [0.1, 0.15) is 11.1 Å². The number of aromatic nitrogens is 1. The summed E-state index contributed by atoms with van der Waals surface area (Å²) in [6.45, 7) is 1.95. The van der Waals surface area contributed by atoms with Crippen molar-refractivity contribution in [3.8, 4) is 5.88 Å². The topological polar surface area (TPSA) is 48.4 Å². The van der Waals surface area contributed by atoms with Crippen LogP contribution in [0.2, 0.25) is 5.02 Å². The van der Waals surface area contributed by atoms with Crippen LogP contribution in [-0.2, 0) is 0 Å². The van der Waals surface area contributed by atoms with Gasteiger partial charge in [-0.25, -0.2) is 0 Å². The number of halogens is 2. The smallest absolute Gasteiger partial charge is 0.198 e. The molecule has 0 saturated carbocycles. The average Bonchev–Trinajstić information content (AvgIpc) is 2.73. The summed E-state index contributed by atoms with van der Waals surface area (Å²) in [7, 11) is 0. The number of aromatic hydroxyl groups is 1. The third-order valence-electron chi connectivity index (χ3n) is 3.27. The lowest BCUT2D eigenvalue weighted by Gasteiger charge is -2.00. The number of nitrogens with one attached hydrogen (secondary N) is 1. The summed E-state index contributed by atoms with van der Waals surface area (Å²) in [5.41, 5.74) is 3.34. The van der Waals surface area contributed by atoms with Crippen molar-refractivity contribution in [2.45, 2.75) is 6.92 Å². The van der Waals surface area contributed by atoms with Crippen LogP contribution in [0.15, 0.2) is 45.9 Å². The first-order valence-electron chi connectivity index (χ1n) is 6.35. The van der Waals surface area contributed by atoms with Gasteiger partial charge in [-0.05, 0) is 48.9 Å². The summed E-state index contributed by atoms with van der Waals surface area (Å²) in [5, 5.41) is 11.6. The molecule has 0 spiro atoms. The van der Waals surface area contributed by atoms with E-state index in [9.17, 15) is 5.11 Å². The van der Waals surface area contributed by atoms with Crippen molar-refractivity contribution in [2.75, 3.05) is 0 Å². The van der Waals surface area contributed by atoms with Crippen molar-refractivity contribution in [2.24, 2.45) is 4.99 Å². The van der Waals surface area contributed by atoms with E-state index in [2.05, 4.69) is 25.9 Å². The number of nitrogens with zero attached hydrogens (tertiary/aromatic N) is 1. The maximum atomic E-state index is 10.0. The highest BCUT2D eigenvalue weighted by Gasteiger charge is 2.09. The predicted molar refractivity (Wildman–Crippen MR) is 91.1 cm³/mol. The second-order valence-corrected chi connectivity index (χ2v) is 6.12. The molecule has 2 aromatic carbocycles. The molecule has 0 aliphatic rings. The molecule has 106 valence electrons. The highest BCUT2D eigenvalue weighted by atomic mass is 79.9. The Kier molecular flexibility index (Phi) is 3.74. The lowest BCUT2D eigenvalue weighted by atomic mass is 10.2. The lowest BCUT2D eigenvalue weighted by molar-refractivity contribution is 0.457. The Morgan fingerprint density at radius 2 is 2.05 bits per heavy atom. The largest absolute Gasteiger partial charge is 0.494 e. The molecule has 0 bridgehead atoms. The highest BCUT2D eigenvalue weighted by molar-refractivity contribution is 9.10. The van der Waals surface area contributed by atoms with Crippen molar-refractivity contribution in [3.05, 3.63) is 57.0 Å². The van der Waals surface area contributed by atoms with E-state index in [1.165, 1.54) is 0 Å². The number of hydrogen-bond donors (Lipinski definition) is 2. The SMILES string of the molecule is Cc1cc(Cl)ccc1N=Cc1c(O)[nH]c2ccc(Br)cc12. The summed E-state index contributed by atoms with van der Waals surface area (Å²) < 4.78 is 0.950. The van der Waals surface area contributed by atoms with Crippen molar-refractivity contribution in [1.29, 1.82) is 0 Å². The Morgan fingerprint density at radius 3 is 2.81 bits per heavy atom. The van der Waals surface area contributed by atoms with Crippen LogP contribution in [0.25, 0.3) is 10.9 Å². The quantitative estimate of drug-likeness (QED) is 0.592. The van der Waals surface area contributed by atoms with Crippen LogP contribution >= 0.6 is 27.5 Å². The molecule has 0 saturated heterocycles. The van der Waals surface area contributed by atoms with E-state index < -0.39 is 0 Å².